The number of nitrogen functional groups attached to an aromatic ring is 1. The van der Waals surface area contributed by atoms with E-state index >= 15 is 0 Å². The first-order valence-electron chi connectivity index (χ1n) is 5.93. The second kappa shape index (κ2) is 7.09. The van der Waals surface area contributed by atoms with Crippen LogP contribution in [0.2, 0.25) is 0 Å². The van der Waals surface area contributed by atoms with E-state index in [4.69, 9.17) is 20.9 Å². The zero-order chi connectivity index (χ0) is 15.2. The van der Waals surface area contributed by atoms with Crippen molar-refractivity contribution in [1.82, 2.24) is 0 Å². The Hall–Kier alpha value is -1.82. The zero-order valence-electron chi connectivity index (χ0n) is 11.2. The molecule has 0 bridgehead atoms. The van der Waals surface area contributed by atoms with Crippen molar-refractivity contribution in [1.29, 1.82) is 5.26 Å². The van der Waals surface area contributed by atoms with Crippen LogP contribution in [0.3, 0.4) is 0 Å². The van der Waals surface area contributed by atoms with Crippen molar-refractivity contribution in [3.63, 3.8) is 0 Å². The monoisotopic (exact) mass is 298 g/mol. The van der Waals surface area contributed by atoms with E-state index in [1.165, 1.54) is 6.07 Å². The highest BCUT2D eigenvalue weighted by Gasteiger charge is 2.19. The SMILES string of the molecule is COCCN(CCC#N)c1ccc(N)cc1S(N)(=O)=O. The minimum atomic E-state index is -3.90. The molecule has 20 heavy (non-hydrogen) atoms. The molecule has 0 aliphatic carbocycles. The molecule has 0 spiro atoms. The van der Waals surface area contributed by atoms with E-state index in [1.807, 2.05) is 6.07 Å². The van der Waals surface area contributed by atoms with Gasteiger partial charge in [0.1, 0.15) is 4.90 Å². The topological polar surface area (TPSA) is 122 Å². The quantitative estimate of drug-likeness (QED) is 0.697. The molecule has 1 rings (SSSR count). The van der Waals surface area contributed by atoms with Gasteiger partial charge in [0.25, 0.3) is 0 Å². The van der Waals surface area contributed by atoms with Crippen molar-refractivity contribution < 1.29 is 13.2 Å². The maximum atomic E-state index is 11.7. The minimum Gasteiger partial charge on any atom is -0.399 e. The van der Waals surface area contributed by atoms with Crippen LogP contribution in [0.1, 0.15) is 6.42 Å². The van der Waals surface area contributed by atoms with Gasteiger partial charge in [0.05, 0.1) is 24.8 Å². The summed E-state index contributed by atoms with van der Waals surface area (Å²) in [6.45, 7) is 1.23. The van der Waals surface area contributed by atoms with Crippen molar-refractivity contribution in [2.45, 2.75) is 11.3 Å². The third kappa shape index (κ3) is 4.38. The molecular weight excluding hydrogens is 280 g/mol. The number of nitrogens with zero attached hydrogens (tertiary/aromatic N) is 2. The Morgan fingerprint density at radius 1 is 1.40 bits per heavy atom. The van der Waals surface area contributed by atoms with Crippen molar-refractivity contribution in [2.75, 3.05) is 37.4 Å². The van der Waals surface area contributed by atoms with Crippen LogP contribution in [-0.2, 0) is 14.8 Å². The predicted octanol–water partition coefficient (Wildman–Crippen LogP) is 0.283. The Morgan fingerprint density at radius 2 is 2.10 bits per heavy atom. The van der Waals surface area contributed by atoms with E-state index in [0.29, 0.717) is 31.1 Å². The third-order valence-electron chi connectivity index (χ3n) is 2.69. The molecule has 0 saturated heterocycles. The molecule has 0 heterocycles. The van der Waals surface area contributed by atoms with Gasteiger partial charge in [-0.2, -0.15) is 5.26 Å². The standard InChI is InChI=1S/C12H18N4O3S/c1-19-8-7-16(6-2-5-13)11-4-3-10(14)9-12(11)20(15,17)18/h3-4,9H,2,6-8,14H2,1H3,(H2,15,17,18). The Morgan fingerprint density at radius 3 is 2.65 bits per heavy atom. The molecule has 0 saturated carbocycles. The van der Waals surface area contributed by atoms with Gasteiger partial charge in [-0.1, -0.05) is 0 Å². The van der Waals surface area contributed by atoms with Crippen LogP contribution < -0.4 is 15.8 Å². The van der Waals surface area contributed by atoms with Crippen LogP contribution in [0.5, 0.6) is 0 Å². The lowest BCUT2D eigenvalue weighted by Crippen LogP contribution is -2.30. The number of benzene rings is 1. The molecule has 1 aromatic rings. The largest absolute Gasteiger partial charge is 0.399 e. The number of methoxy groups -OCH3 is 1. The Kier molecular flexibility index (Phi) is 5.76. The summed E-state index contributed by atoms with van der Waals surface area (Å²) in [6.07, 6.45) is 0.262. The molecule has 4 N–H and O–H groups in total. The average Bonchev–Trinajstić information content (AvgIpc) is 2.38. The summed E-state index contributed by atoms with van der Waals surface area (Å²) in [5.74, 6) is 0. The summed E-state index contributed by atoms with van der Waals surface area (Å²) in [5.41, 5.74) is 6.34. The number of hydrogen-bond donors (Lipinski definition) is 2. The highest BCUT2D eigenvalue weighted by Crippen LogP contribution is 2.26. The first-order valence-corrected chi connectivity index (χ1v) is 7.48. The van der Waals surface area contributed by atoms with Gasteiger partial charge in [0.15, 0.2) is 0 Å². The van der Waals surface area contributed by atoms with E-state index in [1.54, 1.807) is 24.1 Å². The highest BCUT2D eigenvalue weighted by atomic mass is 32.2. The molecule has 0 radical (unpaired) electrons. The molecule has 1 aromatic carbocycles. The third-order valence-corrected chi connectivity index (χ3v) is 3.63. The number of nitriles is 1. The van der Waals surface area contributed by atoms with Crippen LogP contribution in [-0.4, -0.2) is 35.2 Å². The first kappa shape index (κ1) is 16.2. The lowest BCUT2D eigenvalue weighted by atomic mass is 10.2. The van der Waals surface area contributed by atoms with E-state index < -0.39 is 10.0 Å². The lowest BCUT2D eigenvalue weighted by Gasteiger charge is -2.25. The molecule has 0 atom stereocenters. The van der Waals surface area contributed by atoms with Crippen LogP contribution in [0.25, 0.3) is 0 Å². The van der Waals surface area contributed by atoms with Gasteiger partial charge in [-0.25, -0.2) is 13.6 Å². The van der Waals surface area contributed by atoms with E-state index in [9.17, 15) is 8.42 Å². The van der Waals surface area contributed by atoms with E-state index in [-0.39, 0.29) is 11.3 Å². The van der Waals surface area contributed by atoms with Gasteiger partial charge < -0.3 is 15.4 Å². The average molecular weight is 298 g/mol. The molecule has 8 heteroatoms. The van der Waals surface area contributed by atoms with Crippen molar-refractivity contribution in [3.8, 4) is 6.07 Å². The normalized spacial score (nSPS) is 11.1. The number of hydrogen-bond acceptors (Lipinski definition) is 6. The van der Waals surface area contributed by atoms with E-state index in [2.05, 4.69) is 0 Å². The van der Waals surface area contributed by atoms with Crippen molar-refractivity contribution >= 4 is 21.4 Å². The molecule has 0 amide bonds. The zero-order valence-corrected chi connectivity index (χ0v) is 12.1. The fraction of sp³-hybridized carbons (Fsp3) is 0.417. The lowest BCUT2D eigenvalue weighted by molar-refractivity contribution is 0.205. The van der Waals surface area contributed by atoms with Gasteiger partial charge >= 0.3 is 0 Å². The number of rotatable bonds is 7. The van der Waals surface area contributed by atoms with Crippen LogP contribution in [0.15, 0.2) is 23.1 Å². The summed E-state index contributed by atoms with van der Waals surface area (Å²) in [6, 6.07) is 6.52. The summed E-state index contributed by atoms with van der Waals surface area (Å²) in [5, 5.41) is 13.9. The second-order valence-corrected chi connectivity index (χ2v) is 5.69. The molecule has 0 aliphatic heterocycles. The number of nitrogens with two attached hydrogens (primary N) is 2. The molecule has 7 nitrogen and oxygen atoms in total. The number of ether oxygens (including phenoxy) is 1. The summed E-state index contributed by atoms with van der Waals surface area (Å²) < 4.78 is 28.3. The molecule has 110 valence electrons. The Balaban J connectivity index is 3.21. The second-order valence-electron chi connectivity index (χ2n) is 4.16. The summed E-state index contributed by atoms with van der Waals surface area (Å²) >= 11 is 0. The maximum absolute atomic E-state index is 11.7. The van der Waals surface area contributed by atoms with Crippen molar-refractivity contribution in [3.05, 3.63) is 18.2 Å². The molecule has 0 unspecified atom stereocenters. The Labute approximate surface area is 118 Å². The molecular formula is C12H18N4O3S. The van der Waals surface area contributed by atoms with Gasteiger partial charge in [-0.15, -0.1) is 0 Å². The highest BCUT2D eigenvalue weighted by molar-refractivity contribution is 7.89. The fourth-order valence-electron chi connectivity index (χ4n) is 1.76. The Bertz CT molecular complexity index is 595. The van der Waals surface area contributed by atoms with Gasteiger partial charge in [-0.3, -0.25) is 0 Å². The van der Waals surface area contributed by atoms with Crippen LogP contribution in [0, 0.1) is 11.3 Å². The van der Waals surface area contributed by atoms with Gasteiger partial charge in [0, 0.05) is 25.9 Å². The van der Waals surface area contributed by atoms with Crippen LogP contribution >= 0.6 is 0 Å². The number of primary sulfonamides is 1. The minimum absolute atomic E-state index is 0.0495. The maximum Gasteiger partial charge on any atom is 0.240 e. The number of anilines is 2. The van der Waals surface area contributed by atoms with E-state index in [0.717, 1.165) is 0 Å². The fourth-order valence-corrected chi connectivity index (χ4v) is 2.55. The predicted molar refractivity (Wildman–Crippen MR) is 76.5 cm³/mol. The first-order chi connectivity index (χ1) is 9.40. The van der Waals surface area contributed by atoms with Gasteiger partial charge in [-0.05, 0) is 18.2 Å². The molecule has 0 fully saturated rings. The smallest absolute Gasteiger partial charge is 0.240 e. The van der Waals surface area contributed by atoms with Crippen molar-refractivity contribution in [2.24, 2.45) is 5.14 Å². The molecule has 0 aliphatic rings. The van der Waals surface area contributed by atoms with Gasteiger partial charge in [0.2, 0.25) is 10.0 Å². The molecule has 0 aromatic heterocycles. The number of sulfonamides is 1. The summed E-state index contributed by atoms with van der Waals surface area (Å²) in [7, 11) is -2.35. The van der Waals surface area contributed by atoms with Crippen LogP contribution in [0.4, 0.5) is 11.4 Å². The summed E-state index contributed by atoms with van der Waals surface area (Å²) in [4.78, 5) is 1.69.